The van der Waals surface area contributed by atoms with Crippen molar-refractivity contribution in [2.45, 2.75) is 31.7 Å². The summed E-state index contributed by atoms with van der Waals surface area (Å²) in [5, 5.41) is 3.63. The van der Waals surface area contributed by atoms with Gasteiger partial charge in [0.25, 0.3) is 5.91 Å². The molecule has 0 saturated carbocycles. The molecule has 6 nitrogen and oxygen atoms in total. The van der Waals surface area contributed by atoms with Crippen molar-refractivity contribution < 1.29 is 9.59 Å². The Labute approximate surface area is 179 Å². The molecule has 152 valence electrons. The molecule has 0 radical (unpaired) electrons. The van der Waals surface area contributed by atoms with Crippen LogP contribution in [0.3, 0.4) is 0 Å². The first kappa shape index (κ1) is 20.0. The third-order valence-electron chi connectivity index (χ3n) is 5.40. The minimum Gasteiger partial charge on any atom is -0.370 e. The fourth-order valence-corrected chi connectivity index (χ4v) is 4.48. The van der Waals surface area contributed by atoms with E-state index in [0.717, 1.165) is 25.2 Å². The average Bonchev–Trinajstić information content (AvgIpc) is 3.39. The van der Waals surface area contributed by atoms with Crippen molar-refractivity contribution in [3.05, 3.63) is 52.1 Å². The number of hydrogen-bond acceptors (Lipinski definition) is 4. The van der Waals surface area contributed by atoms with E-state index in [1.54, 1.807) is 29.3 Å². The molecule has 3 heterocycles. The van der Waals surface area contributed by atoms with E-state index in [1.807, 2.05) is 12.1 Å². The van der Waals surface area contributed by atoms with Crippen molar-refractivity contribution in [1.29, 1.82) is 0 Å². The van der Waals surface area contributed by atoms with Gasteiger partial charge in [0.05, 0.1) is 11.9 Å². The molecule has 1 aromatic carbocycles. The number of hydrogen-bond donors (Lipinski definition) is 1. The highest BCUT2D eigenvalue weighted by Gasteiger charge is 2.35. The number of likely N-dealkylation sites (tertiary alicyclic amines) is 1. The first-order chi connectivity index (χ1) is 14.0. The molecule has 1 N–H and O–H groups in total. The van der Waals surface area contributed by atoms with Gasteiger partial charge >= 0.3 is 0 Å². The van der Waals surface area contributed by atoms with E-state index in [0.29, 0.717) is 34.4 Å². The third kappa shape index (κ3) is 4.49. The maximum atomic E-state index is 12.9. The van der Waals surface area contributed by atoms with Gasteiger partial charge in [0.15, 0.2) is 0 Å². The lowest BCUT2D eigenvalue weighted by molar-refractivity contribution is -0.119. The molecule has 0 unspecified atom stereocenters. The molecule has 29 heavy (non-hydrogen) atoms. The lowest BCUT2D eigenvalue weighted by Crippen LogP contribution is -2.43. The SMILES string of the molecule is O=C(Nc1ccc(N2CCCC2)cn1)[C@@H]1CCCN1C(=O)c1cc(Cl)cc(Cl)c1. The number of aromatic nitrogens is 1. The Morgan fingerprint density at radius 3 is 2.38 bits per heavy atom. The number of nitrogens with zero attached hydrogens (tertiary/aromatic N) is 3. The van der Waals surface area contributed by atoms with Crippen molar-refractivity contribution in [1.82, 2.24) is 9.88 Å². The van der Waals surface area contributed by atoms with Gasteiger partial charge in [-0.15, -0.1) is 0 Å². The van der Waals surface area contributed by atoms with Crippen LogP contribution in [0.5, 0.6) is 0 Å². The summed E-state index contributed by atoms with van der Waals surface area (Å²) in [6.45, 7) is 2.60. The summed E-state index contributed by atoms with van der Waals surface area (Å²) >= 11 is 12.0. The van der Waals surface area contributed by atoms with Crippen LogP contribution in [-0.4, -0.2) is 47.4 Å². The smallest absolute Gasteiger partial charge is 0.254 e. The maximum Gasteiger partial charge on any atom is 0.254 e. The molecule has 2 amide bonds. The molecule has 8 heteroatoms. The van der Waals surface area contributed by atoms with Crippen LogP contribution in [0.2, 0.25) is 10.0 Å². The van der Waals surface area contributed by atoms with Crippen LogP contribution >= 0.6 is 23.2 Å². The number of halogens is 2. The Morgan fingerprint density at radius 1 is 1.00 bits per heavy atom. The molecule has 0 spiro atoms. The number of carbonyl (C=O) groups is 2. The number of benzene rings is 1. The Bertz CT molecular complexity index is 893. The van der Waals surface area contributed by atoms with Gasteiger partial charge in [0, 0.05) is 35.2 Å². The fourth-order valence-electron chi connectivity index (χ4n) is 3.96. The number of anilines is 2. The second kappa shape index (κ2) is 8.59. The van der Waals surface area contributed by atoms with Crippen LogP contribution in [0.15, 0.2) is 36.5 Å². The van der Waals surface area contributed by atoms with Crippen molar-refractivity contribution in [2.75, 3.05) is 29.9 Å². The summed E-state index contributed by atoms with van der Waals surface area (Å²) in [7, 11) is 0. The van der Waals surface area contributed by atoms with E-state index < -0.39 is 6.04 Å². The standard InChI is InChI=1S/C21H22Cl2N4O2/c22-15-10-14(11-16(23)12-15)21(29)27-9-3-4-18(27)20(28)25-19-6-5-17(13-24-19)26-7-1-2-8-26/h5-6,10-13,18H,1-4,7-9H2,(H,24,25,28)/t18-/m0/s1. The molecule has 1 aromatic heterocycles. The normalized spacial score (nSPS) is 18.9. The van der Waals surface area contributed by atoms with Crippen molar-refractivity contribution in [3.63, 3.8) is 0 Å². The molecule has 0 bridgehead atoms. The van der Waals surface area contributed by atoms with Crippen LogP contribution in [0.4, 0.5) is 11.5 Å². The highest BCUT2D eigenvalue weighted by molar-refractivity contribution is 6.35. The second-order valence-electron chi connectivity index (χ2n) is 7.40. The van der Waals surface area contributed by atoms with Gasteiger partial charge in [-0.1, -0.05) is 23.2 Å². The predicted octanol–water partition coefficient (Wildman–Crippen LogP) is 4.23. The number of pyridine rings is 1. The Balaban J connectivity index is 1.44. The highest BCUT2D eigenvalue weighted by atomic mass is 35.5. The number of amides is 2. The number of carbonyl (C=O) groups excluding carboxylic acids is 2. The van der Waals surface area contributed by atoms with E-state index >= 15 is 0 Å². The van der Waals surface area contributed by atoms with Gasteiger partial charge in [0.1, 0.15) is 11.9 Å². The zero-order valence-corrected chi connectivity index (χ0v) is 17.4. The highest BCUT2D eigenvalue weighted by Crippen LogP contribution is 2.25. The Hall–Kier alpha value is -2.31. The minimum atomic E-state index is -0.541. The van der Waals surface area contributed by atoms with Gasteiger partial charge in [-0.3, -0.25) is 9.59 Å². The molecule has 0 aliphatic carbocycles. The van der Waals surface area contributed by atoms with Crippen LogP contribution in [0.25, 0.3) is 0 Å². The van der Waals surface area contributed by atoms with Crippen molar-refractivity contribution >= 4 is 46.5 Å². The molecule has 2 saturated heterocycles. The lowest BCUT2D eigenvalue weighted by Gasteiger charge is -2.24. The van der Waals surface area contributed by atoms with E-state index in [9.17, 15) is 9.59 Å². The zero-order chi connectivity index (χ0) is 20.4. The van der Waals surface area contributed by atoms with E-state index in [-0.39, 0.29) is 11.8 Å². The summed E-state index contributed by atoms with van der Waals surface area (Å²) in [6.07, 6.45) is 5.55. The molecule has 4 rings (SSSR count). The first-order valence-electron chi connectivity index (χ1n) is 9.80. The summed E-state index contributed by atoms with van der Waals surface area (Å²) < 4.78 is 0. The zero-order valence-electron chi connectivity index (χ0n) is 15.9. The molecule has 1 atom stereocenters. The van der Waals surface area contributed by atoms with Gasteiger partial charge < -0.3 is 15.1 Å². The molecule has 2 fully saturated rings. The van der Waals surface area contributed by atoms with Crippen LogP contribution in [-0.2, 0) is 4.79 Å². The van der Waals surface area contributed by atoms with Crippen LogP contribution < -0.4 is 10.2 Å². The molecule has 2 aromatic rings. The summed E-state index contributed by atoms with van der Waals surface area (Å²) in [6, 6.07) is 7.96. The topological polar surface area (TPSA) is 65.5 Å². The maximum absolute atomic E-state index is 12.9. The largest absolute Gasteiger partial charge is 0.370 e. The Kier molecular flexibility index (Phi) is 5.92. The number of nitrogens with one attached hydrogen (secondary N) is 1. The lowest BCUT2D eigenvalue weighted by atomic mass is 10.1. The van der Waals surface area contributed by atoms with Gasteiger partial charge in [-0.25, -0.2) is 4.98 Å². The molecule has 2 aliphatic rings. The van der Waals surface area contributed by atoms with Gasteiger partial charge in [0.2, 0.25) is 5.91 Å². The van der Waals surface area contributed by atoms with Crippen molar-refractivity contribution in [2.24, 2.45) is 0 Å². The summed E-state index contributed by atoms with van der Waals surface area (Å²) in [5.74, 6) is 0.0119. The van der Waals surface area contributed by atoms with Crippen LogP contribution in [0.1, 0.15) is 36.0 Å². The van der Waals surface area contributed by atoms with Crippen LogP contribution in [0, 0.1) is 0 Å². The predicted molar refractivity (Wildman–Crippen MR) is 115 cm³/mol. The minimum absolute atomic E-state index is 0.231. The van der Waals surface area contributed by atoms with Crippen molar-refractivity contribution in [3.8, 4) is 0 Å². The second-order valence-corrected chi connectivity index (χ2v) is 8.27. The fraction of sp³-hybridized carbons (Fsp3) is 0.381. The summed E-state index contributed by atoms with van der Waals surface area (Å²) in [5.41, 5.74) is 1.45. The third-order valence-corrected chi connectivity index (χ3v) is 5.83. The monoisotopic (exact) mass is 432 g/mol. The average molecular weight is 433 g/mol. The molecular weight excluding hydrogens is 411 g/mol. The van der Waals surface area contributed by atoms with E-state index in [1.165, 1.54) is 12.8 Å². The molecule has 2 aliphatic heterocycles. The van der Waals surface area contributed by atoms with E-state index in [4.69, 9.17) is 23.2 Å². The summed E-state index contributed by atoms with van der Waals surface area (Å²) in [4.78, 5) is 34.0. The quantitative estimate of drug-likeness (QED) is 0.784. The van der Waals surface area contributed by atoms with E-state index in [2.05, 4.69) is 15.2 Å². The number of rotatable bonds is 4. The van der Waals surface area contributed by atoms with Gasteiger partial charge in [-0.05, 0) is 56.0 Å². The first-order valence-corrected chi connectivity index (χ1v) is 10.6. The molecular formula is C21H22Cl2N4O2. The van der Waals surface area contributed by atoms with Gasteiger partial charge in [-0.2, -0.15) is 0 Å². The Morgan fingerprint density at radius 2 is 1.72 bits per heavy atom.